The molecule has 0 unspecified atom stereocenters. The van der Waals surface area contributed by atoms with Gasteiger partial charge < -0.3 is 20.3 Å². The molecule has 0 radical (unpaired) electrons. The number of alkyl halides is 3. The van der Waals surface area contributed by atoms with E-state index in [9.17, 15) is 13.2 Å². The molecule has 10 nitrogen and oxygen atoms in total. The monoisotopic (exact) mass is 752 g/mol. The predicted octanol–water partition coefficient (Wildman–Crippen LogP) is 7.52. The molecule has 2 aliphatic rings. The van der Waals surface area contributed by atoms with Crippen LogP contribution in [0.25, 0.3) is 22.2 Å². The van der Waals surface area contributed by atoms with E-state index in [1.807, 2.05) is 12.1 Å². The molecule has 2 atom stereocenters. The summed E-state index contributed by atoms with van der Waals surface area (Å²) in [6, 6.07) is 16.1. The van der Waals surface area contributed by atoms with E-state index in [1.165, 1.54) is 3.97 Å². The molecule has 2 aromatic heterocycles. The van der Waals surface area contributed by atoms with Crippen LogP contribution in [0.15, 0.2) is 71.9 Å². The molecule has 1 aliphatic heterocycles. The minimum Gasteiger partial charge on any atom is -0.445 e. The molecular weight excluding hydrogens is 718 g/mol. The maximum Gasteiger partial charge on any atom is 0.409 e. The van der Waals surface area contributed by atoms with Crippen molar-refractivity contribution in [1.29, 1.82) is 0 Å². The molecule has 256 valence electrons. The first-order chi connectivity index (χ1) is 23.0. The molecule has 15 heteroatoms. The molecule has 4 aromatic rings. The quantitative estimate of drug-likeness (QED) is 0.169. The minimum absolute atomic E-state index is 0.152. The highest BCUT2D eigenvalue weighted by atomic mass is 35.6. The van der Waals surface area contributed by atoms with Gasteiger partial charge in [-0.05, 0) is 69.2 Å². The Kier molecular flexibility index (Phi) is 10.9. The summed E-state index contributed by atoms with van der Waals surface area (Å²) in [5.74, 6) is 0.891. The number of piperidine rings is 1. The molecule has 2 aromatic carbocycles. The molecule has 2 fully saturated rings. The lowest BCUT2D eigenvalue weighted by Crippen LogP contribution is -2.44. The van der Waals surface area contributed by atoms with Crippen LogP contribution in [-0.2, 0) is 14.8 Å². The van der Waals surface area contributed by atoms with E-state index in [0.29, 0.717) is 52.8 Å². The number of fused-ring (bicyclic) bond motifs is 1. The van der Waals surface area contributed by atoms with Gasteiger partial charge in [0.15, 0.2) is 0 Å². The molecule has 1 amide bonds. The molecule has 6 rings (SSSR count). The van der Waals surface area contributed by atoms with Crippen molar-refractivity contribution in [3.05, 3.63) is 72.0 Å². The standard InChI is InChI=1S/C33H36Cl4N6O4S/c34-28-19-39-31(41-30(28)27-20-43(29-12-5-4-11-26(27)29)48(45,46)25-9-2-1-3-10-25)40-24-8-6-7-23(17-24)38-18-22-13-15-42(16-14-22)32(44)47-21-33(35,36)37/h1-5,9-12,19-20,22-24,38H,6-8,13-18,21H2,(H,39,40,41)/t23-,24+/m0/s1. The topological polar surface area (TPSA) is 118 Å². The average molecular weight is 755 g/mol. The van der Waals surface area contributed by atoms with Crippen molar-refractivity contribution >= 4 is 79.4 Å². The first kappa shape index (κ1) is 35.0. The number of benzene rings is 2. The van der Waals surface area contributed by atoms with Gasteiger partial charge in [-0.3, -0.25) is 0 Å². The minimum atomic E-state index is -3.86. The number of nitrogens with one attached hydrogen (secondary N) is 2. The number of carbonyl (C=O) groups is 1. The van der Waals surface area contributed by atoms with Crippen molar-refractivity contribution in [3.63, 3.8) is 0 Å². The maximum atomic E-state index is 13.6. The maximum absolute atomic E-state index is 13.6. The number of rotatable bonds is 9. The molecule has 3 heterocycles. The van der Waals surface area contributed by atoms with Crippen molar-refractivity contribution in [3.8, 4) is 11.3 Å². The van der Waals surface area contributed by atoms with Crippen molar-refractivity contribution in [2.45, 2.75) is 59.3 Å². The smallest absolute Gasteiger partial charge is 0.409 e. The van der Waals surface area contributed by atoms with E-state index < -0.39 is 19.9 Å². The molecule has 1 saturated carbocycles. The zero-order valence-electron chi connectivity index (χ0n) is 26.0. The van der Waals surface area contributed by atoms with E-state index in [1.54, 1.807) is 59.8 Å². The summed E-state index contributed by atoms with van der Waals surface area (Å²) in [7, 11) is -3.86. The lowest BCUT2D eigenvalue weighted by molar-refractivity contribution is 0.0885. The van der Waals surface area contributed by atoms with Crippen molar-refractivity contribution in [2.75, 3.05) is 31.6 Å². The van der Waals surface area contributed by atoms with Gasteiger partial charge >= 0.3 is 6.09 Å². The Morgan fingerprint density at radius 3 is 2.44 bits per heavy atom. The van der Waals surface area contributed by atoms with Crippen LogP contribution < -0.4 is 10.6 Å². The number of anilines is 1. The highest BCUT2D eigenvalue weighted by molar-refractivity contribution is 7.90. The Hall–Kier alpha value is -2.80. The largest absolute Gasteiger partial charge is 0.445 e. The van der Waals surface area contributed by atoms with E-state index >= 15 is 0 Å². The van der Waals surface area contributed by atoms with Gasteiger partial charge in [0.2, 0.25) is 9.74 Å². The van der Waals surface area contributed by atoms with Crippen LogP contribution in [0.4, 0.5) is 10.7 Å². The van der Waals surface area contributed by atoms with E-state index in [-0.39, 0.29) is 17.5 Å². The summed E-state index contributed by atoms with van der Waals surface area (Å²) in [4.78, 5) is 23.4. The van der Waals surface area contributed by atoms with E-state index in [4.69, 9.17) is 56.1 Å². The lowest BCUT2D eigenvalue weighted by atomic mass is 9.90. The molecule has 1 saturated heterocycles. The van der Waals surface area contributed by atoms with Crippen LogP contribution in [0.3, 0.4) is 0 Å². The Bertz CT molecular complexity index is 1850. The summed E-state index contributed by atoms with van der Waals surface area (Å²) in [5, 5.41) is 8.30. The summed E-state index contributed by atoms with van der Waals surface area (Å²) >= 11 is 23.7. The van der Waals surface area contributed by atoms with Crippen LogP contribution in [0, 0.1) is 5.92 Å². The van der Waals surface area contributed by atoms with E-state index in [2.05, 4.69) is 15.6 Å². The zero-order chi connectivity index (χ0) is 33.9. The molecular formula is C33H36Cl4N6O4S. The van der Waals surface area contributed by atoms with Gasteiger partial charge in [-0.1, -0.05) is 82.8 Å². The fourth-order valence-corrected chi connectivity index (χ4v) is 8.19. The van der Waals surface area contributed by atoms with Crippen LogP contribution in [0.1, 0.15) is 38.5 Å². The zero-order valence-corrected chi connectivity index (χ0v) is 29.8. The summed E-state index contributed by atoms with van der Waals surface area (Å²) in [5.41, 5.74) is 1.60. The Labute approximate surface area is 300 Å². The number of ether oxygens (including phenoxy) is 1. The number of halogens is 4. The fourth-order valence-electron chi connectivity index (χ4n) is 6.45. The second-order valence-electron chi connectivity index (χ2n) is 12.3. The second-order valence-corrected chi connectivity index (χ2v) is 17.0. The highest BCUT2D eigenvalue weighted by Gasteiger charge is 2.29. The first-order valence-electron chi connectivity index (χ1n) is 15.9. The van der Waals surface area contributed by atoms with Gasteiger partial charge in [0.1, 0.15) is 6.61 Å². The van der Waals surface area contributed by atoms with Gasteiger partial charge in [0, 0.05) is 42.3 Å². The van der Waals surface area contributed by atoms with Crippen LogP contribution in [0.5, 0.6) is 0 Å². The SMILES string of the molecule is O=C(OCC(Cl)(Cl)Cl)N1CCC(CN[C@H]2CCC[C@@H](Nc3ncc(Cl)c(-c4cn(S(=O)(=O)c5ccccc5)c5ccccc45)n3)C2)CC1. The number of hydrogen-bond donors (Lipinski definition) is 2. The summed E-state index contributed by atoms with van der Waals surface area (Å²) < 4.78 is 32.0. The Balaban J connectivity index is 1.09. The number of aromatic nitrogens is 3. The van der Waals surface area contributed by atoms with Gasteiger partial charge in [-0.15, -0.1) is 0 Å². The number of para-hydroxylation sites is 1. The first-order valence-corrected chi connectivity index (χ1v) is 18.8. The highest BCUT2D eigenvalue weighted by Crippen LogP contribution is 2.36. The fraction of sp³-hybridized carbons (Fsp3) is 0.424. The van der Waals surface area contributed by atoms with Crippen molar-refractivity contribution in [1.82, 2.24) is 24.2 Å². The van der Waals surface area contributed by atoms with Gasteiger partial charge in [-0.2, -0.15) is 0 Å². The third-order valence-corrected chi connectivity index (χ3v) is 11.2. The molecule has 0 bridgehead atoms. The Morgan fingerprint density at radius 1 is 0.979 bits per heavy atom. The molecule has 48 heavy (non-hydrogen) atoms. The third-order valence-electron chi connectivity index (χ3n) is 8.91. The molecule has 1 aliphatic carbocycles. The third kappa shape index (κ3) is 8.31. The van der Waals surface area contributed by atoms with Gasteiger partial charge in [0.05, 0.1) is 27.3 Å². The van der Waals surface area contributed by atoms with E-state index in [0.717, 1.165) is 50.5 Å². The van der Waals surface area contributed by atoms with Crippen LogP contribution >= 0.6 is 46.4 Å². The molecule has 0 spiro atoms. The molecule has 2 N–H and O–H groups in total. The second kappa shape index (κ2) is 15.0. The predicted molar refractivity (Wildman–Crippen MR) is 191 cm³/mol. The lowest BCUT2D eigenvalue weighted by Gasteiger charge is -2.34. The number of likely N-dealkylation sites (tertiary alicyclic amines) is 1. The number of nitrogens with zero attached hydrogens (tertiary/aromatic N) is 4. The van der Waals surface area contributed by atoms with Crippen molar-refractivity contribution in [2.24, 2.45) is 5.92 Å². The average Bonchev–Trinajstić information content (AvgIpc) is 3.48. The summed E-state index contributed by atoms with van der Waals surface area (Å²) in [6.45, 7) is 1.80. The van der Waals surface area contributed by atoms with Crippen molar-refractivity contribution < 1.29 is 17.9 Å². The van der Waals surface area contributed by atoms with Gasteiger partial charge in [-0.25, -0.2) is 27.2 Å². The summed E-state index contributed by atoms with van der Waals surface area (Å²) in [6.07, 6.45) is 8.43. The number of hydrogen-bond acceptors (Lipinski definition) is 8. The Morgan fingerprint density at radius 2 is 1.69 bits per heavy atom. The number of amides is 1. The van der Waals surface area contributed by atoms with Crippen LogP contribution in [-0.4, -0.2) is 75.5 Å². The van der Waals surface area contributed by atoms with Crippen LogP contribution in [0.2, 0.25) is 5.02 Å². The normalized spacial score (nSPS) is 19.4. The number of carbonyl (C=O) groups excluding carboxylic acids is 1. The van der Waals surface area contributed by atoms with Gasteiger partial charge in [0.25, 0.3) is 10.0 Å².